The SMILES string of the molecule is Cc1cc(Cl)c(/C=C/C(=O)O)cc1F. The fourth-order valence-corrected chi connectivity index (χ4v) is 1.23. The third-order valence-corrected chi connectivity index (χ3v) is 2.01. The molecule has 0 atom stereocenters. The first-order chi connectivity index (χ1) is 6.50. The summed E-state index contributed by atoms with van der Waals surface area (Å²) in [6.45, 7) is 1.59. The zero-order valence-electron chi connectivity index (χ0n) is 7.42. The maximum Gasteiger partial charge on any atom is 0.328 e. The molecule has 1 N–H and O–H groups in total. The largest absolute Gasteiger partial charge is 0.478 e. The maximum atomic E-state index is 13.0. The van der Waals surface area contributed by atoms with Gasteiger partial charge in [-0.3, -0.25) is 0 Å². The molecule has 0 radical (unpaired) electrons. The van der Waals surface area contributed by atoms with Gasteiger partial charge >= 0.3 is 5.97 Å². The first-order valence-electron chi connectivity index (χ1n) is 3.87. The Morgan fingerprint density at radius 2 is 2.21 bits per heavy atom. The molecule has 0 heterocycles. The summed E-state index contributed by atoms with van der Waals surface area (Å²) in [7, 11) is 0. The highest BCUT2D eigenvalue weighted by atomic mass is 35.5. The minimum Gasteiger partial charge on any atom is -0.478 e. The van der Waals surface area contributed by atoms with E-state index in [1.807, 2.05) is 0 Å². The van der Waals surface area contributed by atoms with E-state index in [2.05, 4.69) is 0 Å². The summed E-state index contributed by atoms with van der Waals surface area (Å²) < 4.78 is 13.0. The number of halogens is 2. The number of hydrogen-bond donors (Lipinski definition) is 1. The smallest absolute Gasteiger partial charge is 0.328 e. The van der Waals surface area contributed by atoms with Crippen LogP contribution in [-0.4, -0.2) is 11.1 Å². The average molecular weight is 215 g/mol. The van der Waals surface area contributed by atoms with E-state index in [9.17, 15) is 9.18 Å². The van der Waals surface area contributed by atoms with Crippen LogP contribution in [0.25, 0.3) is 6.08 Å². The second kappa shape index (κ2) is 4.24. The van der Waals surface area contributed by atoms with Crippen molar-refractivity contribution in [3.8, 4) is 0 Å². The number of carbonyl (C=O) groups is 1. The van der Waals surface area contributed by atoms with Gasteiger partial charge in [0.25, 0.3) is 0 Å². The van der Waals surface area contributed by atoms with Gasteiger partial charge in [0.05, 0.1) is 0 Å². The van der Waals surface area contributed by atoms with Gasteiger partial charge in [-0.15, -0.1) is 0 Å². The molecule has 4 heteroatoms. The second-order valence-corrected chi connectivity index (χ2v) is 3.20. The monoisotopic (exact) mass is 214 g/mol. The molecule has 0 bridgehead atoms. The van der Waals surface area contributed by atoms with Gasteiger partial charge in [-0.05, 0) is 36.3 Å². The van der Waals surface area contributed by atoms with Crippen LogP contribution in [-0.2, 0) is 4.79 Å². The van der Waals surface area contributed by atoms with Crippen LogP contribution in [0.3, 0.4) is 0 Å². The molecule has 0 amide bonds. The van der Waals surface area contributed by atoms with Gasteiger partial charge in [0.2, 0.25) is 0 Å². The van der Waals surface area contributed by atoms with Gasteiger partial charge in [0.1, 0.15) is 5.82 Å². The van der Waals surface area contributed by atoms with Gasteiger partial charge in [-0.25, -0.2) is 9.18 Å². The molecule has 14 heavy (non-hydrogen) atoms. The minimum absolute atomic E-state index is 0.335. The molecule has 2 nitrogen and oxygen atoms in total. The Kier molecular flexibility index (Phi) is 3.25. The van der Waals surface area contributed by atoms with E-state index in [1.54, 1.807) is 6.92 Å². The normalized spacial score (nSPS) is 10.8. The van der Waals surface area contributed by atoms with Crippen molar-refractivity contribution in [2.24, 2.45) is 0 Å². The summed E-state index contributed by atoms with van der Waals surface area (Å²) in [5.41, 5.74) is 0.791. The van der Waals surface area contributed by atoms with E-state index in [0.29, 0.717) is 16.1 Å². The van der Waals surface area contributed by atoms with Gasteiger partial charge in [-0.1, -0.05) is 11.6 Å². The molecule has 0 aliphatic heterocycles. The second-order valence-electron chi connectivity index (χ2n) is 2.79. The van der Waals surface area contributed by atoms with E-state index >= 15 is 0 Å². The molecule has 0 aliphatic carbocycles. The van der Waals surface area contributed by atoms with Crippen molar-refractivity contribution in [3.05, 3.63) is 40.2 Å². The Bertz CT molecular complexity index is 399. The zero-order valence-corrected chi connectivity index (χ0v) is 8.18. The molecule has 0 aliphatic rings. The Morgan fingerprint density at radius 3 is 2.79 bits per heavy atom. The number of rotatable bonds is 2. The van der Waals surface area contributed by atoms with Crippen LogP contribution >= 0.6 is 11.6 Å². The molecule has 0 fully saturated rings. The fourth-order valence-electron chi connectivity index (χ4n) is 0.950. The van der Waals surface area contributed by atoms with Crippen LogP contribution in [0.4, 0.5) is 4.39 Å². The van der Waals surface area contributed by atoms with Crippen molar-refractivity contribution >= 4 is 23.6 Å². The predicted octanol–water partition coefficient (Wildman–Crippen LogP) is 2.89. The highest BCUT2D eigenvalue weighted by Gasteiger charge is 2.03. The van der Waals surface area contributed by atoms with Crippen molar-refractivity contribution in [1.82, 2.24) is 0 Å². The van der Waals surface area contributed by atoms with Gasteiger partial charge < -0.3 is 5.11 Å². The highest BCUT2D eigenvalue weighted by Crippen LogP contribution is 2.21. The molecule has 0 unspecified atom stereocenters. The lowest BCUT2D eigenvalue weighted by Gasteiger charge is -2.01. The van der Waals surface area contributed by atoms with Crippen LogP contribution in [0.15, 0.2) is 18.2 Å². The van der Waals surface area contributed by atoms with Crippen LogP contribution in [0.1, 0.15) is 11.1 Å². The number of carboxylic acids is 1. The lowest BCUT2D eigenvalue weighted by molar-refractivity contribution is -0.131. The third kappa shape index (κ3) is 2.57. The van der Waals surface area contributed by atoms with E-state index < -0.39 is 11.8 Å². The van der Waals surface area contributed by atoms with E-state index in [0.717, 1.165) is 6.08 Å². The summed E-state index contributed by atoms with van der Waals surface area (Å²) >= 11 is 5.77. The summed E-state index contributed by atoms with van der Waals surface area (Å²) in [6, 6.07) is 2.66. The molecule has 0 aromatic heterocycles. The van der Waals surface area contributed by atoms with Crippen molar-refractivity contribution in [2.75, 3.05) is 0 Å². The Labute approximate surface area is 85.6 Å². The first kappa shape index (κ1) is 10.7. The Hall–Kier alpha value is -1.35. The van der Waals surface area contributed by atoms with Gasteiger partial charge in [-0.2, -0.15) is 0 Å². The summed E-state index contributed by atoms with van der Waals surface area (Å²) in [5, 5.41) is 8.70. The van der Waals surface area contributed by atoms with E-state index in [-0.39, 0.29) is 0 Å². The number of benzene rings is 1. The van der Waals surface area contributed by atoms with Crippen molar-refractivity contribution in [1.29, 1.82) is 0 Å². The van der Waals surface area contributed by atoms with E-state index in [1.165, 1.54) is 18.2 Å². The van der Waals surface area contributed by atoms with Gasteiger partial charge in [0, 0.05) is 11.1 Å². The topological polar surface area (TPSA) is 37.3 Å². The molecule has 0 saturated carbocycles. The Balaban J connectivity index is 3.10. The van der Waals surface area contributed by atoms with Crippen LogP contribution < -0.4 is 0 Å². The van der Waals surface area contributed by atoms with Crippen molar-refractivity contribution in [2.45, 2.75) is 6.92 Å². The number of hydrogen-bond acceptors (Lipinski definition) is 1. The quantitative estimate of drug-likeness (QED) is 0.769. The van der Waals surface area contributed by atoms with Crippen LogP contribution in [0.5, 0.6) is 0 Å². The molecule has 1 rings (SSSR count). The molecule has 74 valence electrons. The molecule has 1 aromatic carbocycles. The average Bonchev–Trinajstić information content (AvgIpc) is 2.09. The first-order valence-corrected chi connectivity index (χ1v) is 4.25. The lowest BCUT2D eigenvalue weighted by Crippen LogP contribution is -1.88. The number of aliphatic carboxylic acids is 1. The molecular formula is C10H8ClFO2. The fraction of sp³-hybridized carbons (Fsp3) is 0.100. The zero-order chi connectivity index (χ0) is 10.7. The third-order valence-electron chi connectivity index (χ3n) is 1.68. The van der Waals surface area contributed by atoms with Crippen molar-refractivity contribution in [3.63, 3.8) is 0 Å². The van der Waals surface area contributed by atoms with E-state index in [4.69, 9.17) is 16.7 Å². The number of carboxylic acid groups (broad SMARTS) is 1. The predicted molar refractivity (Wildman–Crippen MR) is 52.8 cm³/mol. The van der Waals surface area contributed by atoms with Gasteiger partial charge in [0.15, 0.2) is 0 Å². The van der Waals surface area contributed by atoms with Crippen LogP contribution in [0, 0.1) is 12.7 Å². The summed E-state index contributed by atoms with van der Waals surface area (Å²) in [5.74, 6) is -1.50. The standard InChI is InChI=1S/C10H8ClFO2/c1-6-4-8(11)7(5-9(6)12)2-3-10(13)14/h2-5H,1H3,(H,13,14)/b3-2+. The summed E-state index contributed by atoms with van der Waals surface area (Å²) in [6.07, 6.45) is 2.17. The Morgan fingerprint density at radius 1 is 1.57 bits per heavy atom. The number of aryl methyl sites for hydroxylation is 1. The molecule has 1 aromatic rings. The van der Waals surface area contributed by atoms with Crippen LogP contribution in [0.2, 0.25) is 5.02 Å². The molecule has 0 saturated heterocycles. The lowest BCUT2D eigenvalue weighted by atomic mass is 10.1. The summed E-state index contributed by atoms with van der Waals surface area (Å²) in [4.78, 5) is 10.2. The minimum atomic E-state index is -1.10. The maximum absolute atomic E-state index is 13.0. The van der Waals surface area contributed by atoms with Crippen molar-refractivity contribution < 1.29 is 14.3 Å². The molecule has 0 spiro atoms. The molecular weight excluding hydrogens is 207 g/mol. The highest BCUT2D eigenvalue weighted by molar-refractivity contribution is 6.32.